The van der Waals surface area contributed by atoms with Gasteiger partial charge in [0.05, 0.1) is 0 Å². The molecule has 210 valence electrons. The zero-order chi connectivity index (χ0) is 28.6. The summed E-state index contributed by atoms with van der Waals surface area (Å²) in [5.41, 5.74) is -1.55. The van der Waals surface area contributed by atoms with Crippen molar-refractivity contribution in [3.63, 3.8) is 0 Å². The van der Waals surface area contributed by atoms with E-state index in [1.807, 2.05) is 13.8 Å². The predicted molar refractivity (Wildman–Crippen MR) is 130 cm³/mol. The van der Waals surface area contributed by atoms with Crippen LogP contribution >= 0.6 is 0 Å². The van der Waals surface area contributed by atoms with Crippen LogP contribution in [0.15, 0.2) is 0 Å². The summed E-state index contributed by atoms with van der Waals surface area (Å²) in [6.45, 7) is 13.8. The van der Waals surface area contributed by atoms with E-state index in [9.17, 15) is 28.8 Å². The van der Waals surface area contributed by atoms with Gasteiger partial charge in [0, 0.05) is 19.3 Å². The number of amides is 5. The molecule has 0 aromatic heterocycles. The van der Waals surface area contributed by atoms with Crippen LogP contribution in [0.25, 0.3) is 0 Å². The highest BCUT2D eigenvalue weighted by Gasteiger charge is 2.34. The molecule has 1 fully saturated rings. The molecule has 0 radical (unpaired) electrons. The Bertz CT molecular complexity index is 858. The fraction of sp³-hybridized carbons (Fsp3) is 0.750. The Balaban J connectivity index is 2.93. The standard InChI is InChI=1S/C24H40N4O9/c1-14(2)13-16(27-22(34)37-28-17(29)10-11-18(28)30)26-20(32)15(25-21(33)36-24(6,7)8)9-12-19(31)35-23(3,4)5/h14-16H,9-13H2,1-8H3,(H,25,33)(H,26,32)(H,27,34)/t15-,16-/m0/s1. The van der Waals surface area contributed by atoms with Crippen molar-refractivity contribution >= 4 is 35.9 Å². The lowest BCUT2D eigenvalue weighted by Crippen LogP contribution is -2.56. The lowest BCUT2D eigenvalue weighted by molar-refractivity contribution is -0.171. The van der Waals surface area contributed by atoms with Gasteiger partial charge in [-0.25, -0.2) is 9.59 Å². The third-order valence-electron chi connectivity index (χ3n) is 4.56. The molecule has 1 aliphatic rings. The number of ether oxygens (including phenoxy) is 2. The van der Waals surface area contributed by atoms with E-state index in [2.05, 4.69) is 16.0 Å². The minimum Gasteiger partial charge on any atom is -0.460 e. The number of hydrogen-bond acceptors (Lipinski definition) is 9. The lowest BCUT2D eigenvalue weighted by Gasteiger charge is -2.27. The summed E-state index contributed by atoms with van der Waals surface area (Å²) in [6, 6.07) is -1.20. The quantitative estimate of drug-likeness (QED) is 0.219. The molecule has 0 aromatic carbocycles. The van der Waals surface area contributed by atoms with Crippen LogP contribution < -0.4 is 16.0 Å². The van der Waals surface area contributed by atoms with Gasteiger partial charge in [0.25, 0.3) is 11.8 Å². The number of imide groups is 1. The second-order valence-electron chi connectivity index (χ2n) is 11.1. The van der Waals surface area contributed by atoms with E-state index in [-0.39, 0.29) is 38.0 Å². The molecular formula is C24H40N4O9. The first-order valence-electron chi connectivity index (χ1n) is 12.2. The van der Waals surface area contributed by atoms with Gasteiger partial charge in [0.2, 0.25) is 5.91 Å². The summed E-state index contributed by atoms with van der Waals surface area (Å²) in [5, 5.41) is 7.86. The first-order chi connectivity index (χ1) is 16.9. The van der Waals surface area contributed by atoms with Gasteiger partial charge in [-0.2, -0.15) is 0 Å². The van der Waals surface area contributed by atoms with Crippen LogP contribution in [0.2, 0.25) is 0 Å². The molecule has 0 spiro atoms. The van der Waals surface area contributed by atoms with Crippen molar-refractivity contribution < 1.29 is 43.1 Å². The van der Waals surface area contributed by atoms with E-state index in [0.717, 1.165) is 0 Å². The van der Waals surface area contributed by atoms with Crippen LogP contribution in [0.4, 0.5) is 9.59 Å². The average Bonchev–Trinajstić information content (AvgIpc) is 2.99. The minimum atomic E-state index is -1.20. The molecule has 1 aliphatic heterocycles. The van der Waals surface area contributed by atoms with Crippen molar-refractivity contribution in [1.29, 1.82) is 0 Å². The zero-order valence-electron chi connectivity index (χ0n) is 22.9. The zero-order valence-corrected chi connectivity index (χ0v) is 22.9. The summed E-state index contributed by atoms with van der Waals surface area (Å²) in [6.07, 6.45) is -3.09. The maximum Gasteiger partial charge on any atom is 0.433 e. The SMILES string of the molecule is CC(C)C[C@H](NC(=O)ON1C(=O)CCC1=O)NC(=O)[C@H](CCC(=O)OC(C)(C)C)NC(=O)OC(C)(C)C. The highest BCUT2D eigenvalue weighted by molar-refractivity contribution is 6.01. The number of esters is 1. The largest absolute Gasteiger partial charge is 0.460 e. The number of nitrogens with one attached hydrogen (secondary N) is 3. The molecule has 13 heteroatoms. The number of hydrogen-bond donors (Lipinski definition) is 3. The van der Waals surface area contributed by atoms with Crippen LogP contribution in [0.1, 0.15) is 87.5 Å². The normalized spacial score (nSPS) is 15.6. The first kappa shape index (κ1) is 31.6. The van der Waals surface area contributed by atoms with E-state index in [1.54, 1.807) is 41.5 Å². The Hall–Kier alpha value is -3.38. The Labute approximate surface area is 217 Å². The van der Waals surface area contributed by atoms with Crippen molar-refractivity contribution in [1.82, 2.24) is 21.0 Å². The van der Waals surface area contributed by atoms with Gasteiger partial charge in [-0.1, -0.05) is 13.8 Å². The highest BCUT2D eigenvalue weighted by Crippen LogP contribution is 2.14. The molecule has 3 N–H and O–H groups in total. The number of alkyl carbamates (subject to hydrolysis) is 1. The van der Waals surface area contributed by atoms with E-state index in [1.165, 1.54) is 0 Å². The number of rotatable bonds is 10. The summed E-state index contributed by atoms with van der Waals surface area (Å²) >= 11 is 0. The van der Waals surface area contributed by atoms with Gasteiger partial charge in [0.15, 0.2) is 0 Å². The topological polar surface area (TPSA) is 169 Å². The summed E-state index contributed by atoms with van der Waals surface area (Å²) in [7, 11) is 0. The van der Waals surface area contributed by atoms with Crippen LogP contribution in [0.5, 0.6) is 0 Å². The molecule has 0 saturated carbocycles. The average molecular weight is 529 g/mol. The van der Waals surface area contributed by atoms with Gasteiger partial charge in [-0.05, 0) is 60.3 Å². The number of carbonyl (C=O) groups is 6. The van der Waals surface area contributed by atoms with E-state index >= 15 is 0 Å². The monoisotopic (exact) mass is 528 g/mol. The Morgan fingerprint density at radius 3 is 1.86 bits per heavy atom. The van der Waals surface area contributed by atoms with E-state index in [4.69, 9.17) is 14.3 Å². The van der Waals surface area contributed by atoms with Gasteiger partial charge < -0.3 is 24.9 Å². The van der Waals surface area contributed by atoms with Gasteiger partial charge in [-0.15, -0.1) is 5.06 Å². The van der Waals surface area contributed by atoms with Crippen LogP contribution in [0, 0.1) is 5.92 Å². The van der Waals surface area contributed by atoms with Crippen molar-refractivity contribution in [2.24, 2.45) is 5.92 Å². The van der Waals surface area contributed by atoms with E-state index in [0.29, 0.717) is 5.06 Å². The second kappa shape index (κ2) is 13.2. The lowest BCUT2D eigenvalue weighted by atomic mass is 10.1. The highest BCUT2D eigenvalue weighted by atomic mass is 16.7. The minimum absolute atomic E-state index is 0.000297. The Morgan fingerprint density at radius 1 is 0.838 bits per heavy atom. The fourth-order valence-electron chi connectivity index (χ4n) is 3.18. The van der Waals surface area contributed by atoms with E-state index < -0.39 is 59.3 Å². The molecule has 37 heavy (non-hydrogen) atoms. The number of hydroxylamine groups is 2. The van der Waals surface area contributed by atoms with Crippen molar-refractivity contribution in [2.45, 2.75) is 111 Å². The Morgan fingerprint density at radius 2 is 1.38 bits per heavy atom. The van der Waals surface area contributed by atoms with Crippen molar-refractivity contribution in [3.8, 4) is 0 Å². The molecule has 0 bridgehead atoms. The molecule has 1 heterocycles. The molecule has 13 nitrogen and oxygen atoms in total. The maximum atomic E-state index is 13.1. The van der Waals surface area contributed by atoms with Crippen LogP contribution in [-0.2, 0) is 33.5 Å². The van der Waals surface area contributed by atoms with Gasteiger partial charge >= 0.3 is 18.2 Å². The Kier molecular flexibility index (Phi) is 11.3. The number of nitrogens with zero attached hydrogens (tertiary/aromatic N) is 1. The maximum absolute atomic E-state index is 13.1. The third-order valence-corrected chi connectivity index (χ3v) is 4.56. The van der Waals surface area contributed by atoms with Crippen molar-refractivity contribution in [3.05, 3.63) is 0 Å². The molecule has 0 aromatic rings. The molecule has 5 amide bonds. The van der Waals surface area contributed by atoms with Gasteiger partial charge in [-0.3, -0.25) is 24.5 Å². The molecule has 0 aliphatic carbocycles. The van der Waals surface area contributed by atoms with Crippen LogP contribution in [-0.4, -0.2) is 64.4 Å². The second-order valence-corrected chi connectivity index (χ2v) is 11.1. The first-order valence-corrected chi connectivity index (χ1v) is 12.2. The molecule has 1 rings (SSSR count). The van der Waals surface area contributed by atoms with Gasteiger partial charge in [0.1, 0.15) is 23.4 Å². The molecular weight excluding hydrogens is 488 g/mol. The third kappa shape index (κ3) is 12.9. The molecule has 0 unspecified atom stereocenters. The predicted octanol–water partition coefficient (Wildman–Crippen LogP) is 2.28. The fourth-order valence-corrected chi connectivity index (χ4v) is 3.18. The smallest absolute Gasteiger partial charge is 0.433 e. The summed E-state index contributed by atoms with van der Waals surface area (Å²) < 4.78 is 10.5. The van der Waals surface area contributed by atoms with Crippen LogP contribution in [0.3, 0.4) is 0 Å². The molecule has 1 saturated heterocycles. The number of carbonyl (C=O) groups excluding carboxylic acids is 6. The summed E-state index contributed by atoms with van der Waals surface area (Å²) in [5.74, 6) is -2.55. The van der Waals surface area contributed by atoms with Crippen molar-refractivity contribution in [2.75, 3.05) is 0 Å². The summed E-state index contributed by atoms with van der Waals surface area (Å²) in [4.78, 5) is 78.2. The molecule has 2 atom stereocenters.